The third-order valence-corrected chi connectivity index (χ3v) is 4.38. The molecule has 114 valence electrons. The Balaban J connectivity index is 2.32. The topological polar surface area (TPSA) is 34.1 Å². The van der Waals surface area contributed by atoms with Gasteiger partial charge in [0.25, 0.3) is 0 Å². The van der Waals surface area contributed by atoms with Crippen LogP contribution in [0.4, 0.5) is 0 Å². The molecule has 0 aliphatic carbocycles. The highest BCUT2D eigenvalue weighted by Gasteiger charge is 2.13. The standard InChI is InChI=1S/C17H24N2OS/c1-5-18-11-16-15(9-12(2)3)19-17(21-16)13-7-6-8-14(10-13)20-4/h6-8,10,12,18H,5,9,11H2,1-4H3. The van der Waals surface area contributed by atoms with Crippen LogP contribution in [0, 0.1) is 5.92 Å². The molecule has 0 aliphatic heterocycles. The van der Waals surface area contributed by atoms with Crippen LogP contribution in [0.2, 0.25) is 0 Å². The van der Waals surface area contributed by atoms with Crippen LogP contribution in [0.15, 0.2) is 24.3 Å². The Kier molecular flexibility index (Phi) is 5.76. The third-order valence-electron chi connectivity index (χ3n) is 3.23. The van der Waals surface area contributed by atoms with Crippen LogP contribution in [0.25, 0.3) is 10.6 Å². The summed E-state index contributed by atoms with van der Waals surface area (Å²) in [7, 11) is 1.70. The van der Waals surface area contributed by atoms with E-state index in [0.717, 1.165) is 35.8 Å². The van der Waals surface area contributed by atoms with Crippen LogP contribution in [0.1, 0.15) is 31.3 Å². The van der Waals surface area contributed by atoms with Crippen molar-refractivity contribution in [1.29, 1.82) is 0 Å². The highest BCUT2D eigenvalue weighted by molar-refractivity contribution is 7.15. The van der Waals surface area contributed by atoms with E-state index in [1.807, 2.05) is 12.1 Å². The lowest BCUT2D eigenvalue weighted by Gasteiger charge is -2.04. The minimum absolute atomic E-state index is 0.616. The van der Waals surface area contributed by atoms with Crippen molar-refractivity contribution in [3.63, 3.8) is 0 Å². The van der Waals surface area contributed by atoms with Gasteiger partial charge < -0.3 is 10.1 Å². The van der Waals surface area contributed by atoms with E-state index in [2.05, 4.69) is 38.2 Å². The number of hydrogen-bond donors (Lipinski definition) is 1. The van der Waals surface area contributed by atoms with Crippen LogP contribution >= 0.6 is 11.3 Å². The number of rotatable bonds is 7. The van der Waals surface area contributed by atoms with E-state index in [9.17, 15) is 0 Å². The molecule has 21 heavy (non-hydrogen) atoms. The summed E-state index contributed by atoms with van der Waals surface area (Å²) in [6, 6.07) is 8.12. The van der Waals surface area contributed by atoms with E-state index >= 15 is 0 Å². The van der Waals surface area contributed by atoms with Gasteiger partial charge >= 0.3 is 0 Å². The molecule has 3 nitrogen and oxygen atoms in total. The normalized spacial score (nSPS) is 11.1. The Hall–Kier alpha value is -1.39. The zero-order valence-corrected chi connectivity index (χ0v) is 14.1. The molecule has 1 heterocycles. The van der Waals surface area contributed by atoms with Gasteiger partial charge in [-0.3, -0.25) is 0 Å². The lowest BCUT2D eigenvalue weighted by Crippen LogP contribution is -2.12. The van der Waals surface area contributed by atoms with E-state index < -0.39 is 0 Å². The molecule has 1 N–H and O–H groups in total. The average molecular weight is 304 g/mol. The zero-order chi connectivity index (χ0) is 15.2. The molecule has 1 aromatic heterocycles. The second kappa shape index (κ2) is 7.57. The molecule has 1 aromatic carbocycles. The quantitative estimate of drug-likeness (QED) is 0.835. The van der Waals surface area contributed by atoms with Crippen LogP contribution in [-0.4, -0.2) is 18.6 Å². The van der Waals surface area contributed by atoms with Gasteiger partial charge in [0.2, 0.25) is 0 Å². The SMILES string of the molecule is CCNCc1sc(-c2cccc(OC)c2)nc1CC(C)C. The molecule has 0 radical (unpaired) electrons. The summed E-state index contributed by atoms with van der Waals surface area (Å²) >= 11 is 1.78. The average Bonchev–Trinajstić information content (AvgIpc) is 2.87. The number of benzene rings is 1. The number of nitrogens with zero attached hydrogens (tertiary/aromatic N) is 1. The minimum Gasteiger partial charge on any atom is -0.497 e. The summed E-state index contributed by atoms with van der Waals surface area (Å²) in [5.41, 5.74) is 2.36. The molecular weight excluding hydrogens is 280 g/mol. The van der Waals surface area contributed by atoms with Crippen LogP contribution in [0.5, 0.6) is 5.75 Å². The van der Waals surface area contributed by atoms with Gasteiger partial charge in [-0.05, 0) is 31.0 Å². The highest BCUT2D eigenvalue weighted by Crippen LogP contribution is 2.31. The maximum absolute atomic E-state index is 5.31. The molecule has 2 rings (SSSR count). The number of methoxy groups -OCH3 is 1. The first-order valence-electron chi connectivity index (χ1n) is 7.47. The van der Waals surface area contributed by atoms with Crippen molar-refractivity contribution in [2.75, 3.05) is 13.7 Å². The second-order valence-electron chi connectivity index (χ2n) is 5.50. The lowest BCUT2D eigenvalue weighted by molar-refractivity contribution is 0.415. The smallest absolute Gasteiger partial charge is 0.124 e. The van der Waals surface area contributed by atoms with Crippen LogP contribution < -0.4 is 10.1 Å². The molecule has 0 spiro atoms. The van der Waals surface area contributed by atoms with E-state index in [1.165, 1.54) is 10.6 Å². The third kappa shape index (κ3) is 4.29. The Morgan fingerprint density at radius 1 is 1.33 bits per heavy atom. The fourth-order valence-corrected chi connectivity index (χ4v) is 3.24. The molecule has 0 atom stereocenters. The Labute approximate surface area is 131 Å². The Bertz CT molecular complexity index is 578. The molecule has 0 unspecified atom stereocenters. The van der Waals surface area contributed by atoms with Crippen molar-refractivity contribution in [1.82, 2.24) is 10.3 Å². The second-order valence-corrected chi connectivity index (χ2v) is 6.58. The van der Waals surface area contributed by atoms with Gasteiger partial charge in [0.15, 0.2) is 0 Å². The summed E-state index contributed by atoms with van der Waals surface area (Å²) in [5, 5.41) is 4.49. The van der Waals surface area contributed by atoms with Gasteiger partial charge in [0.1, 0.15) is 10.8 Å². The number of aromatic nitrogens is 1. The van der Waals surface area contributed by atoms with Crippen molar-refractivity contribution < 1.29 is 4.74 Å². The van der Waals surface area contributed by atoms with Gasteiger partial charge in [-0.1, -0.05) is 32.9 Å². The van der Waals surface area contributed by atoms with E-state index in [4.69, 9.17) is 9.72 Å². The van der Waals surface area contributed by atoms with E-state index in [1.54, 1.807) is 18.4 Å². The van der Waals surface area contributed by atoms with Gasteiger partial charge in [-0.2, -0.15) is 0 Å². The predicted molar refractivity (Wildman–Crippen MR) is 90.0 cm³/mol. The molecular formula is C17H24N2OS. The van der Waals surface area contributed by atoms with Crippen LogP contribution in [-0.2, 0) is 13.0 Å². The molecule has 0 saturated heterocycles. The largest absolute Gasteiger partial charge is 0.497 e. The molecule has 0 saturated carbocycles. The maximum atomic E-state index is 5.31. The number of thiazole rings is 1. The molecule has 0 amide bonds. The maximum Gasteiger partial charge on any atom is 0.124 e. The minimum atomic E-state index is 0.616. The molecule has 4 heteroatoms. The summed E-state index contributed by atoms with van der Waals surface area (Å²) < 4.78 is 5.31. The van der Waals surface area contributed by atoms with Crippen molar-refractivity contribution in [3.05, 3.63) is 34.8 Å². The number of hydrogen-bond acceptors (Lipinski definition) is 4. The van der Waals surface area contributed by atoms with Crippen molar-refractivity contribution in [2.24, 2.45) is 5.92 Å². The summed E-state index contributed by atoms with van der Waals surface area (Å²) in [5.74, 6) is 1.49. The predicted octanol–water partition coefficient (Wildman–Crippen LogP) is 4.13. The Morgan fingerprint density at radius 2 is 2.14 bits per heavy atom. The van der Waals surface area contributed by atoms with E-state index in [-0.39, 0.29) is 0 Å². The van der Waals surface area contributed by atoms with Gasteiger partial charge in [-0.15, -0.1) is 11.3 Å². The summed E-state index contributed by atoms with van der Waals surface area (Å²) in [6.07, 6.45) is 1.03. The monoisotopic (exact) mass is 304 g/mol. The van der Waals surface area contributed by atoms with Gasteiger partial charge in [-0.25, -0.2) is 4.98 Å². The molecule has 0 fully saturated rings. The van der Waals surface area contributed by atoms with Crippen molar-refractivity contribution in [2.45, 2.75) is 33.7 Å². The Morgan fingerprint density at radius 3 is 2.81 bits per heavy atom. The van der Waals surface area contributed by atoms with Crippen molar-refractivity contribution >= 4 is 11.3 Å². The molecule has 0 bridgehead atoms. The first-order chi connectivity index (χ1) is 10.1. The first-order valence-corrected chi connectivity index (χ1v) is 8.29. The van der Waals surface area contributed by atoms with Crippen molar-refractivity contribution in [3.8, 4) is 16.3 Å². The molecule has 2 aromatic rings. The number of ether oxygens (including phenoxy) is 1. The zero-order valence-electron chi connectivity index (χ0n) is 13.3. The fourth-order valence-electron chi connectivity index (χ4n) is 2.19. The van der Waals surface area contributed by atoms with E-state index in [0.29, 0.717) is 5.92 Å². The van der Waals surface area contributed by atoms with Gasteiger partial charge in [0, 0.05) is 17.0 Å². The lowest BCUT2D eigenvalue weighted by atomic mass is 10.1. The van der Waals surface area contributed by atoms with Gasteiger partial charge in [0.05, 0.1) is 12.8 Å². The fraction of sp³-hybridized carbons (Fsp3) is 0.471. The number of nitrogens with one attached hydrogen (secondary N) is 1. The van der Waals surface area contributed by atoms with Crippen LogP contribution in [0.3, 0.4) is 0 Å². The summed E-state index contributed by atoms with van der Waals surface area (Å²) in [6.45, 7) is 8.49. The summed E-state index contributed by atoms with van der Waals surface area (Å²) in [4.78, 5) is 6.22. The highest BCUT2D eigenvalue weighted by atomic mass is 32.1. The first kappa shape index (κ1) is 16.0. The molecule has 0 aliphatic rings.